The van der Waals surface area contributed by atoms with Crippen molar-refractivity contribution in [3.05, 3.63) is 83.5 Å². The molecule has 4 aromatic rings. The molecule has 8 nitrogen and oxygen atoms in total. The maximum absolute atomic E-state index is 13.1. The van der Waals surface area contributed by atoms with E-state index >= 15 is 0 Å². The highest BCUT2D eigenvalue weighted by Crippen LogP contribution is 2.30. The number of aromatic nitrogens is 1. The summed E-state index contributed by atoms with van der Waals surface area (Å²) in [6.07, 6.45) is 3.89. The molecule has 2 atom stereocenters. The molecule has 2 amide bonds. The second-order valence-corrected chi connectivity index (χ2v) is 11.1. The maximum atomic E-state index is 13.1. The van der Waals surface area contributed by atoms with Crippen LogP contribution in [0.5, 0.6) is 0 Å². The van der Waals surface area contributed by atoms with Gasteiger partial charge in [-0.3, -0.25) is 9.59 Å². The van der Waals surface area contributed by atoms with Gasteiger partial charge in [-0.25, -0.2) is 13.6 Å². The first kappa shape index (κ1) is 25.0. The van der Waals surface area contributed by atoms with Crippen LogP contribution in [-0.2, 0) is 14.8 Å². The van der Waals surface area contributed by atoms with Crippen LogP contribution >= 0.6 is 11.6 Å². The number of sulfonamides is 1. The Kier molecular flexibility index (Phi) is 6.76. The highest BCUT2D eigenvalue weighted by Gasteiger charge is 2.34. The molecule has 3 aromatic carbocycles. The van der Waals surface area contributed by atoms with Crippen LogP contribution in [0.2, 0.25) is 5.02 Å². The number of carbonyl (C=O) groups excluding carboxylic acids is 2. The van der Waals surface area contributed by atoms with Gasteiger partial charge >= 0.3 is 0 Å². The quantitative estimate of drug-likeness (QED) is 0.285. The molecule has 0 saturated heterocycles. The summed E-state index contributed by atoms with van der Waals surface area (Å²) in [7, 11) is -3.88. The number of nitrogens with one attached hydrogen (secondary N) is 3. The molecule has 10 heteroatoms. The van der Waals surface area contributed by atoms with E-state index in [4.69, 9.17) is 16.7 Å². The zero-order valence-electron chi connectivity index (χ0n) is 19.7. The number of primary sulfonamides is 1. The topological polar surface area (TPSA) is 134 Å². The van der Waals surface area contributed by atoms with Crippen molar-refractivity contribution < 1.29 is 18.0 Å². The zero-order chi connectivity index (χ0) is 26.2. The van der Waals surface area contributed by atoms with E-state index in [0.29, 0.717) is 40.2 Å². The molecule has 1 fully saturated rings. The van der Waals surface area contributed by atoms with E-state index in [0.717, 1.165) is 17.3 Å². The van der Waals surface area contributed by atoms with Gasteiger partial charge in [-0.2, -0.15) is 0 Å². The average Bonchev–Trinajstić information content (AvgIpc) is 3.50. The first-order chi connectivity index (χ1) is 17.7. The molecule has 0 unspecified atom stereocenters. The standard InChI is InChI=1S/C27H25ClN4O4S/c28-22-15-30-24-14-17(10-13-20(22)24)26(33)32-23-6-3-5-21(23)27(34)31-18-11-8-16(9-12-18)19-4-1-2-7-25(19)37(29,35)36/h1-2,4,7-15,21,23,30H,3,5-6H2,(H,31,34)(H,32,33)(H2,29,35,36)/t21-,23+/m0/s1. The number of benzene rings is 3. The molecule has 37 heavy (non-hydrogen) atoms. The molecular weight excluding hydrogens is 512 g/mol. The lowest BCUT2D eigenvalue weighted by Crippen LogP contribution is -2.41. The van der Waals surface area contributed by atoms with E-state index in [1.807, 2.05) is 0 Å². The van der Waals surface area contributed by atoms with Crippen molar-refractivity contribution in [2.75, 3.05) is 5.32 Å². The van der Waals surface area contributed by atoms with Gasteiger partial charge in [0.2, 0.25) is 15.9 Å². The molecule has 0 aliphatic heterocycles. The lowest BCUT2D eigenvalue weighted by atomic mass is 10.0. The summed E-state index contributed by atoms with van der Waals surface area (Å²) in [6.45, 7) is 0. The van der Waals surface area contributed by atoms with Crippen LogP contribution in [-0.4, -0.2) is 31.3 Å². The number of hydrogen-bond acceptors (Lipinski definition) is 4. The SMILES string of the molecule is NS(=O)(=O)c1ccccc1-c1ccc(NC(=O)[C@H]2CCC[C@H]2NC(=O)c2ccc3c(Cl)c[nH]c3c2)cc1. The van der Waals surface area contributed by atoms with E-state index in [9.17, 15) is 18.0 Å². The van der Waals surface area contributed by atoms with Gasteiger partial charge < -0.3 is 15.6 Å². The molecule has 1 aliphatic carbocycles. The summed E-state index contributed by atoms with van der Waals surface area (Å²) in [6, 6.07) is 18.4. The summed E-state index contributed by atoms with van der Waals surface area (Å²) in [5.41, 5.74) is 2.99. The summed E-state index contributed by atoms with van der Waals surface area (Å²) < 4.78 is 23.9. The fourth-order valence-electron chi connectivity index (χ4n) is 4.85. The van der Waals surface area contributed by atoms with E-state index in [-0.39, 0.29) is 28.7 Å². The van der Waals surface area contributed by atoms with Crippen LogP contribution in [0.1, 0.15) is 29.6 Å². The van der Waals surface area contributed by atoms with Gasteiger partial charge in [0.25, 0.3) is 5.91 Å². The Balaban J connectivity index is 1.26. The molecule has 1 aromatic heterocycles. The Bertz CT molecular complexity index is 1600. The lowest BCUT2D eigenvalue weighted by Gasteiger charge is -2.21. The molecule has 190 valence electrons. The van der Waals surface area contributed by atoms with Gasteiger partial charge in [0.15, 0.2) is 0 Å². The third kappa shape index (κ3) is 5.24. The van der Waals surface area contributed by atoms with Gasteiger partial charge in [0, 0.05) is 40.0 Å². The number of anilines is 1. The van der Waals surface area contributed by atoms with Crippen LogP contribution in [0, 0.1) is 5.92 Å². The molecule has 5 N–H and O–H groups in total. The Morgan fingerprint density at radius 3 is 2.51 bits per heavy atom. The summed E-state index contributed by atoms with van der Waals surface area (Å²) >= 11 is 6.12. The molecule has 1 aliphatic rings. The average molecular weight is 537 g/mol. The molecule has 0 radical (unpaired) electrons. The maximum Gasteiger partial charge on any atom is 0.251 e. The molecule has 1 saturated carbocycles. The molecule has 0 bridgehead atoms. The molecule has 5 rings (SSSR count). The Morgan fingerprint density at radius 1 is 1.00 bits per heavy atom. The Labute approximate surface area is 219 Å². The minimum Gasteiger partial charge on any atom is -0.360 e. The summed E-state index contributed by atoms with van der Waals surface area (Å²) in [5, 5.41) is 12.7. The molecule has 0 spiro atoms. The van der Waals surface area contributed by atoms with Crippen molar-refractivity contribution in [3.8, 4) is 11.1 Å². The van der Waals surface area contributed by atoms with E-state index in [1.165, 1.54) is 6.07 Å². The number of rotatable bonds is 6. The lowest BCUT2D eigenvalue weighted by molar-refractivity contribution is -0.120. The number of fused-ring (bicyclic) bond motifs is 1. The van der Waals surface area contributed by atoms with Crippen molar-refractivity contribution in [1.29, 1.82) is 0 Å². The molecule has 1 heterocycles. The van der Waals surface area contributed by atoms with Crippen molar-refractivity contribution in [2.45, 2.75) is 30.2 Å². The Hall–Kier alpha value is -3.66. The largest absolute Gasteiger partial charge is 0.360 e. The van der Waals surface area contributed by atoms with Crippen molar-refractivity contribution in [3.63, 3.8) is 0 Å². The Morgan fingerprint density at radius 2 is 1.76 bits per heavy atom. The third-order valence-electron chi connectivity index (χ3n) is 6.72. The van der Waals surface area contributed by atoms with E-state index in [2.05, 4.69) is 15.6 Å². The predicted molar refractivity (Wildman–Crippen MR) is 144 cm³/mol. The normalized spacial score (nSPS) is 17.6. The number of halogens is 1. The second-order valence-electron chi connectivity index (χ2n) is 9.12. The summed E-state index contributed by atoms with van der Waals surface area (Å²) in [4.78, 5) is 29.1. The smallest absolute Gasteiger partial charge is 0.251 e. The minimum atomic E-state index is -3.88. The number of aromatic amines is 1. The molecular formula is C27H25ClN4O4S. The number of carbonyl (C=O) groups is 2. The van der Waals surface area contributed by atoms with Crippen molar-refractivity contribution >= 4 is 50.0 Å². The van der Waals surface area contributed by atoms with Crippen LogP contribution in [0.3, 0.4) is 0 Å². The van der Waals surface area contributed by atoms with E-state index < -0.39 is 10.0 Å². The minimum absolute atomic E-state index is 0.0369. The van der Waals surface area contributed by atoms with E-state index in [1.54, 1.807) is 66.9 Å². The second kappa shape index (κ2) is 10.0. The van der Waals surface area contributed by atoms with Crippen molar-refractivity contribution in [2.24, 2.45) is 11.1 Å². The zero-order valence-corrected chi connectivity index (χ0v) is 21.3. The third-order valence-corrected chi connectivity index (χ3v) is 8.00. The highest BCUT2D eigenvalue weighted by atomic mass is 35.5. The number of nitrogens with two attached hydrogens (primary N) is 1. The van der Waals surface area contributed by atoms with Crippen molar-refractivity contribution in [1.82, 2.24) is 10.3 Å². The van der Waals surface area contributed by atoms with Gasteiger partial charge in [-0.15, -0.1) is 0 Å². The van der Waals surface area contributed by atoms with Gasteiger partial charge in [0.1, 0.15) is 0 Å². The number of amides is 2. The number of hydrogen-bond donors (Lipinski definition) is 4. The fraction of sp³-hybridized carbons (Fsp3) is 0.185. The fourth-order valence-corrected chi connectivity index (χ4v) is 5.83. The first-order valence-corrected chi connectivity index (χ1v) is 13.7. The van der Waals surface area contributed by atoms with Gasteiger partial charge in [-0.05, 0) is 48.7 Å². The van der Waals surface area contributed by atoms with Crippen LogP contribution < -0.4 is 15.8 Å². The predicted octanol–water partition coefficient (Wildman–Crippen LogP) is 4.67. The van der Waals surface area contributed by atoms with Crippen LogP contribution in [0.15, 0.2) is 77.8 Å². The first-order valence-electron chi connectivity index (χ1n) is 11.8. The number of H-pyrrole nitrogens is 1. The monoisotopic (exact) mass is 536 g/mol. The van der Waals surface area contributed by atoms with Crippen LogP contribution in [0.4, 0.5) is 5.69 Å². The summed E-state index contributed by atoms with van der Waals surface area (Å²) in [5.74, 6) is -0.780. The van der Waals surface area contributed by atoms with Gasteiger partial charge in [0.05, 0.1) is 15.8 Å². The van der Waals surface area contributed by atoms with Gasteiger partial charge in [-0.1, -0.05) is 54.4 Å². The van der Waals surface area contributed by atoms with Crippen LogP contribution in [0.25, 0.3) is 22.0 Å². The highest BCUT2D eigenvalue weighted by molar-refractivity contribution is 7.89.